The highest BCUT2D eigenvalue weighted by Crippen LogP contribution is 2.29. The van der Waals surface area contributed by atoms with Crippen LogP contribution in [0.4, 0.5) is 0 Å². The number of rotatable bonds is 4. The molecule has 0 fully saturated rings. The number of halogens is 1. The van der Waals surface area contributed by atoms with Crippen LogP contribution in [0.15, 0.2) is 47.8 Å². The van der Waals surface area contributed by atoms with Crippen LogP contribution in [0.2, 0.25) is 5.02 Å². The second-order valence-corrected chi connectivity index (χ2v) is 6.15. The monoisotopic (exact) mass is 345 g/mol. The van der Waals surface area contributed by atoms with Crippen molar-refractivity contribution in [3.05, 3.63) is 64.1 Å². The van der Waals surface area contributed by atoms with E-state index >= 15 is 0 Å². The zero-order valence-corrected chi connectivity index (χ0v) is 13.7. The average molecular weight is 346 g/mol. The average Bonchev–Trinajstić information content (AvgIpc) is 3.02. The quantitative estimate of drug-likeness (QED) is 0.700. The van der Waals surface area contributed by atoms with Crippen LogP contribution in [0.3, 0.4) is 0 Å². The first kappa shape index (κ1) is 15.5. The summed E-state index contributed by atoms with van der Waals surface area (Å²) in [5.74, 6) is 0.373. The van der Waals surface area contributed by atoms with Gasteiger partial charge in [0.1, 0.15) is 16.5 Å². The Bertz CT molecular complexity index is 859. The predicted octanol–water partition coefficient (Wildman–Crippen LogP) is 5.26. The van der Waals surface area contributed by atoms with Crippen LogP contribution in [0.1, 0.15) is 16.1 Å². The Morgan fingerprint density at radius 2 is 1.87 bits per heavy atom. The second-order valence-electron chi connectivity index (χ2n) is 4.88. The summed E-state index contributed by atoms with van der Waals surface area (Å²) in [7, 11) is 0. The molecule has 116 valence electrons. The molecule has 0 spiro atoms. The Kier molecular flexibility index (Phi) is 4.32. The molecular weight excluding hydrogens is 334 g/mol. The molecule has 4 nitrogen and oxygen atoms in total. The van der Waals surface area contributed by atoms with Crippen molar-refractivity contribution < 1.29 is 14.6 Å². The fourth-order valence-corrected chi connectivity index (χ4v) is 2.90. The Morgan fingerprint density at radius 3 is 2.48 bits per heavy atom. The van der Waals surface area contributed by atoms with Gasteiger partial charge in [-0.05, 0) is 55.0 Å². The zero-order chi connectivity index (χ0) is 16.4. The van der Waals surface area contributed by atoms with Gasteiger partial charge in [-0.25, -0.2) is 9.78 Å². The maximum Gasteiger partial charge on any atom is 0.355 e. The van der Waals surface area contributed by atoms with E-state index in [0.29, 0.717) is 21.5 Å². The van der Waals surface area contributed by atoms with Crippen LogP contribution in [0, 0.1) is 6.92 Å². The Morgan fingerprint density at radius 1 is 1.17 bits per heavy atom. The summed E-state index contributed by atoms with van der Waals surface area (Å²) >= 11 is 7.29. The number of ether oxygens (including phenoxy) is 1. The van der Waals surface area contributed by atoms with Gasteiger partial charge in [-0.2, -0.15) is 0 Å². The first-order chi connectivity index (χ1) is 11.0. The maximum atomic E-state index is 10.9. The number of aromatic nitrogens is 1. The molecule has 0 amide bonds. The molecule has 0 saturated carbocycles. The standard InChI is InChI=1S/C17H12ClNO3S/c1-10-8-13(6-7-14(10)18)22-12-4-2-11(3-5-12)16-19-15(9-23-16)17(20)21/h2-9H,1H3,(H,20,21). The zero-order valence-electron chi connectivity index (χ0n) is 12.1. The van der Waals surface area contributed by atoms with E-state index in [1.54, 1.807) is 6.07 Å². The number of aryl methyl sites for hydroxylation is 1. The van der Waals surface area contributed by atoms with Gasteiger partial charge in [0.25, 0.3) is 0 Å². The lowest BCUT2D eigenvalue weighted by atomic mass is 10.2. The fraction of sp³-hybridized carbons (Fsp3) is 0.0588. The van der Waals surface area contributed by atoms with Gasteiger partial charge in [-0.15, -0.1) is 11.3 Å². The number of carboxylic acid groups (broad SMARTS) is 1. The van der Waals surface area contributed by atoms with E-state index in [-0.39, 0.29) is 5.69 Å². The van der Waals surface area contributed by atoms with Crippen LogP contribution in [0.5, 0.6) is 11.5 Å². The van der Waals surface area contributed by atoms with Crippen molar-refractivity contribution in [1.29, 1.82) is 0 Å². The minimum absolute atomic E-state index is 0.0574. The Hall–Kier alpha value is -2.37. The summed E-state index contributed by atoms with van der Waals surface area (Å²) in [6, 6.07) is 12.8. The minimum Gasteiger partial charge on any atom is -0.476 e. The lowest BCUT2D eigenvalue weighted by Crippen LogP contribution is -1.95. The van der Waals surface area contributed by atoms with Crippen LogP contribution in [0.25, 0.3) is 10.6 Å². The lowest BCUT2D eigenvalue weighted by Gasteiger charge is -2.07. The Labute approximate surface area is 142 Å². The summed E-state index contributed by atoms with van der Waals surface area (Å²) < 4.78 is 5.78. The summed E-state index contributed by atoms with van der Waals surface area (Å²) in [4.78, 5) is 14.9. The smallest absolute Gasteiger partial charge is 0.355 e. The van der Waals surface area contributed by atoms with Gasteiger partial charge >= 0.3 is 5.97 Å². The van der Waals surface area contributed by atoms with Crippen LogP contribution in [-0.2, 0) is 0 Å². The maximum absolute atomic E-state index is 10.9. The molecule has 3 aromatic rings. The summed E-state index contributed by atoms with van der Waals surface area (Å²) in [6.45, 7) is 1.92. The molecule has 2 aromatic carbocycles. The molecule has 6 heteroatoms. The molecule has 23 heavy (non-hydrogen) atoms. The van der Waals surface area contributed by atoms with E-state index in [0.717, 1.165) is 11.1 Å². The third kappa shape index (κ3) is 3.52. The third-order valence-electron chi connectivity index (χ3n) is 3.19. The number of aromatic carboxylic acids is 1. The molecule has 1 aromatic heterocycles. The lowest BCUT2D eigenvalue weighted by molar-refractivity contribution is 0.0691. The van der Waals surface area contributed by atoms with Gasteiger partial charge in [-0.1, -0.05) is 11.6 Å². The number of thiazole rings is 1. The van der Waals surface area contributed by atoms with Crippen molar-refractivity contribution >= 4 is 28.9 Å². The van der Waals surface area contributed by atoms with Gasteiger partial charge in [0, 0.05) is 16.0 Å². The van der Waals surface area contributed by atoms with Crippen molar-refractivity contribution in [2.24, 2.45) is 0 Å². The first-order valence-corrected chi connectivity index (χ1v) is 8.02. The normalized spacial score (nSPS) is 10.5. The largest absolute Gasteiger partial charge is 0.476 e. The highest BCUT2D eigenvalue weighted by Gasteiger charge is 2.10. The van der Waals surface area contributed by atoms with E-state index in [1.807, 2.05) is 43.3 Å². The first-order valence-electron chi connectivity index (χ1n) is 6.76. The summed E-state index contributed by atoms with van der Waals surface area (Å²) in [5, 5.41) is 11.8. The molecule has 0 radical (unpaired) electrons. The van der Waals surface area contributed by atoms with Crippen molar-refractivity contribution in [3.8, 4) is 22.1 Å². The highest BCUT2D eigenvalue weighted by atomic mass is 35.5. The molecule has 0 aliphatic carbocycles. The molecule has 0 aliphatic rings. The number of nitrogens with zero attached hydrogens (tertiary/aromatic N) is 1. The molecule has 1 heterocycles. The summed E-state index contributed by atoms with van der Waals surface area (Å²) in [5.41, 5.74) is 1.86. The predicted molar refractivity (Wildman–Crippen MR) is 90.8 cm³/mol. The number of benzene rings is 2. The molecular formula is C17H12ClNO3S. The molecule has 0 atom stereocenters. The number of hydrogen-bond acceptors (Lipinski definition) is 4. The van der Waals surface area contributed by atoms with Crippen LogP contribution >= 0.6 is 22.9 Å². The highest BCUT2D eigenvalue weighted by molar-refractivity contribution is 7.13. The number of carboxylic acids is 1. The van der Waals surface area contributed by atoms with Gasteiger partial charge < -0.3 is 9.84 Å². The molecule has 0 saturated heterocycles. The van der Waals surface area contributed by atoms with E-state index in [1.165, 1.54) is 16.7 Å². The van der Waals surface area contributed by atoms with Crippen LogP contribution < -0.4 is 4.74 Å². The fourth-order valence-electron chi connectivity index (χ4n) is 1.99. The minimum atomic E-state index is -1.02. The van der Waals surface area contributed by atoms with Gasteiger partial charge in [0.15, 0.2) is 5.69 Å². The molecule has 0 unspecified atom stereocenters. The molecule has 1 N–H and O–H groups in total. The second kappa shape index (κ2) is 6.40. The van der Waals surface area contributed by atoms with E-state index in [4.69, 9.17) is 21.4 Å². The Balaban J connectivity index is 1.78. The van der Waals surface area contributed by atoms with Crippen molar-refractivity contribution in [1.82, 2.24) is 4.98 Å². The number of carbonyl (C=O) groups is 1. The van der Waals surface area contributed by atoms with Crippen molar-refractivity contribution in [3.63, 3.8) is 0 Å². The number of hydrogen-bond donors (Lipinski definition) is 1. The van der Waals surface area contributed by atoms with Crippen molar-refractivity contribution in [2.75, 3.05) is 0 Å². The van der Waals surface area contributed by atoms with E-state index in [2.05, 4.69) is 4.98 Å². The van der Waals surface area contributed by atoms with E-state index in [9.17, 15) is 4.79 Å². The van der Waals surface area contributed by atoms with Gasteiger partial charge in [0.2, 0.25) is 0 Å². The van der Waals surface area contributed by atoms with E-state index < -0.39 is 5.97 Å². The molecule has 3 rings (SSSR count). The molecule has 0 aliphatic heterocycles. The van der Waals surface area contributed by atoms with Gasteiger partial charge in [0.05, 0.1) is 0 Å². The summed E-state index contributed by atoms with van der Waals surface area (Å²) in [6.07, 6.45) is 0. The van der Waals surface area contributed by atoms with Crippen LogP contribution in [-0.4, -0.2) is 16.1 Å². The topological polar surface area (TPSA) is 59.4 Å². The van der Waals surface area contributed by atoms with Crippen molar-refractivity contribution in [2.45, 2.75) is 6.92 Å². The van der Waals surface area contributed by atoms with Gasteiger partial charge in [-0.3, -0.25) is 0 Å². The third-order valence-corrected chi connectivity index (χ3v) is 4.51. The SMILES string of the molecule is Cc1cc(Oc2ccc(-c3nc(C(=O)O)cs3)cc2)ccc1Cl. The molecule has 0 bridgehead atoms.